The summed E-state index contributed by atoms with van der Waals surface area (Å²) in [5.41, 5.74) is 1.69. The fraction of sp³-hybridized carbons (Fsp3) is 0.417. The van der Waals surface area contributed by atoms with Crippen molar-refractivity contribution in [2.45, 2.75) is 33.4 Å². The Hall–Kier alpha value is -1.46. The lowest BCUT2D eigenvalue weighted by Crippen LogP contribution is -2.22. The average Bonchev–Trinajstić information content (AvgIpc) is 2.68. The van der Waals surface area contributed by atoms with Crippen molar-refractivity contribution in [1.82, 2.24) is 25.1 Å². The van der Waals surface area contributed by atoms with Gasteiger partial charge in [-0.3, -0.25) is 4.98 Å². The van der Waals surface area contributed by atoms with Crippen LogP contribution >= 0.6 is 11.6 Å². The van der Waals surface area contributed by atoms with Crippen LogP contribution in [0.5, 0.6) is 0 Å². The van der Waals surface area contributed by atoms with E-state index in [2.05, 4.69) is 34.2 Å². The standard InChI is InChI=1S/C12H16ClN5/c1-8(2)14-4-10-5-16-12(6-15-10)18-7-11(13)9(3)17-18/h5-8,14H,4H2,1-3H3. The van der Waals surface area contributed by atoms with Gasteiger partial charge in [0.05, 0.1) is 35.0 Å². The first-order chi connectivity index (χ1) is 8.56. The number of nitrogens with zero attached hydrogens (tertiary/aromatic N) is 4. The van der Waals surface area contributed by atoms with E-state index in [1.165, 1.54) is 0 Å². The highest BCUT2D eigenvalue weighted by molar-refractivity contribution is 6.31. The van der Waals surface area contributed by atoms with Crippen LogP contribution in [-0.2, 0) is 6.54 Å². The van der Waals surface area contributed by atoms with E-state index in [-0.39, 0.29) is 0 Å². The van der Waals surface area contributed by atoms with Crippen LogP contribution in [0.25, 0.3) is 5.82 Å². The smallest absolute Gasteiger partial charge is 0.171 e. The zero-order chi connectivity index (χ0) is 13.1. The van der Waals surface area contributed by atoms with Crippen LogP contribution in [0.3, 0.4) is 0 Å². The number of rotatable bonds is 4. The van der Waals surface area contributed by atoms with Gasteiger partial charge in [-0.2, -0.15) is 5.10 Å². The minimum Gasteiger partial charge on any atom is -0.309 e. The molecular formula is C12H16ClN5. The molecule has 0 aliphatic heterocycles. The summed E-state index contributed by atoms with van der Waals surface area (Å²) in [4.78, 5) is 8.66. The molecule has 0 radical (unpaired) electrons. The molecule has 0 saturated heterocycles. The second-order valence-electron chi connectivity index (χ2n) is 4.41. The fourth-order valence-corrected chi connectivity index (χ4v) is 1.55. The lowest BCUT2D eigenvalue weighted by atomic mass is 10.3. The van der Waals surface area contributed by atoms with E-state index < -0.39 is 0 Å². The molecule has 0 bridgehead atoms. The van der Waals surface area contributed by atoms with Crippen LogP contribution in [0.15, 0.2) is 18.6 Å². The summed E-state index contributed by atoms with van der Waals surface area (Å²) in [5, 5.41) is 8.17. The molecule has 6 heteroatoms. The summed E-state index contributed by atoms with van der Waals surface area (Å²) in [6.45, 7) is 6.75. The van der Waals surface area contributed by atoms with Gasteiger partial charge in [-0.1, -0.05) is 25.4 Å². The molecule has 0 aliphatic carbocycles. The normalized spacial score (nSPS) is 11.2. The summed E-state index contributed by atoms with van der Waals surface area (Å²) in [5.74, 6) is 0.665. The number of aromatic nitrogens is 4. The Bertz CT molecular complexity index is 498. The van der Waals surface area contributed by atoms with Gasteiger partial charge in [-0.25, -0.2) is 9.67 Å². The Morgan fingerprint density at radius 1 is 1.33 bits per heavy atom. The van der Waals surface area contributed by atoms with Gasteiger partial charge in [0.25, 0.3) is 0 Å². The molecule has 0 atom stereocenters. The molecule has 0 saturated carbocycles. The van der Waals surface area contributed by atoms with Crippen molar-refractivity contribution in [3.8, 4) is 5.82 Å². The Morgan fingerprint density at radius 3 is 2.61 bits per heavy atom. The van der Waals surface area contributed by atoms with Crippen LogP contribution in [0.4, 0.5) is 0 Å². The van der Waals surface area contributed by atoms with Crippen LogP contribution < -0.4 is 5.32 Å². The SMILES string of the molecule is Cc1nn(-c2cnc(CNC(C)C)cn2)cc1Cl. The maximum Gasteiger partial charge on any atom is 0.171 e. The Balaban J connectivity index is 2.12. The van der Waals surface area contributed by atoms with Crippen LogP contribution in [0.1, 0.15) is 25.2 Å². The van der Waals surface area contributed by atoms with Crippen molar-refractivity contribution < 1.29 is 0 Å². The zero-order valence-corrected chi connectivity index (χ0v) is 11.4. The molecule has 5 nitrogen and oxygen atoms in total. The Labute approximate surface area is 111 Å². The maximum absolute atomic E-state index is 5.95. The summed E-state index contributed by atoms with van der Waals surface area (Å²) in [6.07, 6.45) is 5.17. The largest absolute Gasteiger partial charge is 0.309 e. The molecule has 0 spiro atoms. The van der Waals surface area contributed by atoms with Gasteiger partial charge in [0, 0.05) is 12.6 Å². The van der Waals surface area contributed by atoms with Crippen molar-refractivity contribution in [2.24, 2.45) is 0 Å². The van der Waals surface area contributed by atoms with Crippen molar-refractivity contribution >= 4 is 11.6 Å². The number of hydrogen-bond acceptors (Lipinski definition) is 4. The molecule has 2 aromatic heterocycles. The third-order valence-electron chi connectivity index (χ3n) is 2.46. The van der Waals surface area contributed by atoms with Gasteiger partial charge in [0.1, 0.15) is 0 Å². The highest BCUT2D eigenvalue weighted by Crippen LogP contribution is 2.14. The van der Waals surface area contributed by atoms with Crippen LogP contribution in [0.2, 0.25) is 5.02 Å². The van der Waals surface area contributed by atoms with Gasteiger partial charge >= 0.3 is 0 Å². The molecule has 1 N–H and O–H groups in total. The Kier molecular flexibility index (Phi) is 3.93. The molecule has 18 heavy (non-hydrogen) atoms. The van der Waals surface area contributed by atoms with Gasteiger partial charge in [0.2, 0.25) is 0 Å². The second-order valence-corrected chi connectivity index (χ2v) is 4.82. The van der Waals surface area contributed by atoms with E-state index in [1.807, 2.05) is 6.92 Å². The zero-order valence-electron chi connectivity index (χ0n) is 10.7. The molecule has 2 aromatic rings. The molecule has 0 aliphatic rings. The second kappa shape index (κ2) is 5.46. The lowest BCUT2D eigenvalue weighted by molar-refractivity contribution is 0.579. The van der Waals surface area contributed by atoms with E-state index in [0.29, 0.717) is 23.4 Å². The van der Waals surface area contributed by atoms with E-state index in [9.17, 15) is 0 Å². The molecule has 0 fully saturated rings. The van der Waals surface area contributed by atoms with E-state index in [0.717, 1.165) is 11.4 Å². The molecular weight excluding hydrogens is 250 g/mol. The minimum absolute atomic E-state index is 0.430. The molecule has 2 heterocycles. The first-order valence-corrected chi connectivity index (χ1v) is 6.20. The van der Waals surface area contributed by atoms with Crippen molar-refractivity contribution in [3.63, 3.8) is 0 Å². The third-order valence-corrected chi connectivity index (χ3v) is 2.83. The average molecular weight is 266 g/mol. The third kappa shape index (κ3) is 3.05. The quantitative estimate of drug-likeness (QED) is 0.920. The van der Waals surface area contributed by atoms with E-state index in [4.69, 9.17) is 11.6 Å². The molecule has 0 unspecified atom stereocenters. The van der Waals surface area contributed by atoms with Crippen LogP contribution in [-0.4, -0.2) is 25.8 Å². The number of hydrogen-bond donors (Lipinski definition) is 1. The maximum atomic E-state index is 5.95. The van der Waals surface area contributed by atoms with Crippen molar-refractivity contribution in [1.29, 1.82) is 0 Å². The first kappa shape index (κ1) is 13.0. The predicted octanol–water partition coefficient (Wildman–Crippen LogP) is 2.12. The molecule has 0 aromatic carbocycles. The monoisotopic (exact) mass is 265 g/mol. The van der Waals surface area contributed by atoms with Gasteiger partial charge in [0.15, 0.2) is 5.82 Å². The van der Waals surface area contributed by atoms with Crippen molar-refractivity contribution in [3.05, 3.63) is 35.0 Å². The summed E-state index contributed by atoms with van der Waals surface area (Å²) in [6, 6.07) is 0.430. The number of nitrogens with one attached hydrogen (secondary N) is 1. The van der Waals surface area contributed by atoms with E-state index in [1.54, 1.807) is 23.3 Å². The first-order valence-electron chi connectivity index (χ1n) is 5.82. The predicted molar refractivity (Wildman–Crippen MR) is 70.9 cm³/mol. The highest BCUT2D eigenvalue weighted by atomic mass is 35.5. The number of aryl methyl sites for hydroxylation is 1. The van der Waals surface area contributed by atoms with Gasteiger partial charge in [-0.15, -0.1) is 0 Å². The van der Waals surface area contributed by atoms with Crippen LogP contribution in [0, 0.1) is 6.92 Å². The lowest BCUT2D eigenvalue weighted by Gasteiger charge is -2.07. The summed E-state index contributed by atoms with van der Waals surface area (Å²) < 4.78 is 1.63. The summed E-state index contributed by atoms with van der Waals surface area (Å²) >= 11 is 5.95. The molecule has 96 valence electrons. The summed E-state index contributed by atoms with van der Waals surface area (Å²) in [7, 11) is 0. The van der Waals surface area contributed by atoms with E-state index >= 15 is 0 Å². The molecule has 2 rings (SSSR count). The van der Waals surface area contributed by atoms with Gasteiger partial charge < -0.3 is 5.32 Å². The highest BCUT2D eigenvalue weighted by Gasteiger charge is 2.05. The molecule has 0 amide bonds. The topological polar surface area (TPSA) is 55.6 Å². The van der Waals surface area contributed by atoms with Gasteiger partial charge in [-0.05, 0) is 6.92 Å². The number of halogens is 1. The minimum atomic E-state index is 0.430. The Morgan fingerprint density at radius 2 is 2.11 bits per heavy atom. The fourth-order valence-electron chi connectivity index (χ4n) is 1.42. The van der Waals surface area contributed by atoms with Crippen molar-refractivity contribution in [2.75, 3.05) is 0 Å².